The van der Waals surface area contributed by atoms with Gasteiger partial charge in [0.25, 0.3) is 0 Å². The first kappa shape index (κ1) is 11.8. The van der Waals surface area contributed by atoms with Crippen molar-refractivity contribution in [1.29, 1.82) is 0 Å². The van der Waals surface area contributed by atoms with Crippen LogP contribution in [0.3, 0.4) is 0 Å². The van der Waals surface area contributed by atoms with E-state index in [1.807, 2.05) is 0 Å². The van der Waals surface area contributed by atoms with Crippen LogP contribution in [-0.4, -0.2) is 15.2 Å². The summed E-state index contributed by atoms with van der Waals surface area (Å²) >= 11 is 0. The van der Waals surface area contributed by atoms with Crippen LogP contribution in [0, 0.1) is 13.8 Å². The summed E-state index contributed by atoms with van der Waals surface area (Å²) < 4.78 is 0. The van der Waals surface area contributed by atoms with Gasteiger partial charge in [0.1, 0.15) is 12.2 Å². The van der Waals surface area contributed by atoms with E-state index in [9.17, 15) is 0 Å². The molecule has 2 aromatic rings. The quantitative estimate of drug-likeness (QED) is 0.847. The molecule has 4 nitrogen and oxygen atoms in total. The lowest BCUT2D eigenvalue weighted by molar-refractivity contribution is 0.548. The molecule has 0 fully saturated rings. The molecule has 90 valence electrons. The van der Waals surface area contributed by atoms with Crippen LogP contribution < -0.4 is 5.32 Å². The molecule has 0 bridgehead atoms. The van der Waals surface area contributed by atoms with Crippen molar-refractivity contribution in [1.82, 2.24) is 20.5 Å². The van der Waals surface area contributed by atoms with E-state index in [0.29, 0.717) is 0 Å². The number of hydrogen-bond acceptors (Lipinski definition) is 3. The molecular weight excluding hydrogens is 212 g/mol. The average Bonchev–Trinajstić information content (AvgIpc) is 2.84. The van der Waals surface area contributed by atoms with Crippen molar-refractivity contribution in [2.24, 2.45) is 0 Å². The van der Waals surface area contributed by atoms with Gasteiger partial charge in [0.2, 0.25) is 0 Å². The molecule has 0 amide bonds. The van der Waals surface area contributed by atoms with Gasteiger partial charge in [-0.2, -0.15) is 5.10 Å². The van der Waals surface area contributed by atoms with Crippen LogP contribution in [-0.2, 0) is 6.54 Å². The van der Waals surface area contributed by atoms with Gasteiger partial charge in [-0.25, -0.2) is 4.98 Å². The Kier molecular flexibility index (Phi) is 3.54. The first-order chi connectivity index (χ1) is 8.16. The van der Waals surface area contributed by atoms with Crippen LogP contribution >= 0.6 is 0 Å². The highest BCUT2D eigenvalue weighted by Gasteiger charge is 2.07. The molecule has 0 aliphatic heterocycles. The molecule has 0 radical (unpaired) electrons. The number of aromatic nitrogens is 3. The highest BCUT2D eigenvalue weighted by Crippen LogP contribution is 2.11. The Balaban J connectivity index is 1.96. The largest absolute Gasteiger partial charge is 0.303 e. The summed E-state index contributed by atoms with van der Waals surface area (Å²) in [6, 6.07) is 6.71. The van der Waals surface area contributed by atoms with E-state index >= 15 is 0 Å². The number of rotatable bonds is 4. The Morgan fingerprint density at radius 2 is 2.12 bits per heavy atom. The molecule has 0 saturated heterocycles. The van der Waals surface area contributed by atoms with Crippen molar-refractivity contribution >= 4 is 0 Å². The van der Waals surface area contributed by atoms with Gasteiger partial charge in [0, 0.05) is 6.54 Å². The van der Waals surface area contributed by atoms with Crippen molar-refractivity contribution in [2.45, 2.75) is 33.4 Å². The van der Waals surface area contributed by atoms with E-state index in [1.54, 1.807) is 0 Å². The summed E-state index contributed by atoms with van der Waals surface area (Å²) in [6.45, 7) is 7.17. The third kappa shape index (κ3) is 2.91. The zero-order chi connectivity index (χ0) is 12.3. The Morgan fingerprint density at radius 1 is 1.29 bits per heavy atom. The summed E-state index contributed by atoms with van der Waals surface area (Å²) in [7, 11) is 0. The van der Waals surface area contributed by atoms with Gasteiger partial charge in [0.15, 0.2) is 0 Å². The van der Waals surface area contributed by atoms with Gasteiger partial charge >= 0.3 is 0 Å². The molecule has 0 aliphatic carbocycles. The topological polar surface area (TPSA) is 53.6 Å². The molecule has 1 atom stereocenters. The second kappa shape index (κ2) is 5.10. The van der Waals surface area contributed by atoms with Crippen molar-refractivity contribution in [3.63, 3.8) is 0 Å². The number of aromatic amines is 1. The van der Waals surface area contributed by atoms with Crippen LogP contribution in [0.4, 0.5) is 0 Å². The van der Waals surface area contributed by atoms with E-state index in [-0.39, 0.29) is 6.04 Å². The summed E-state index contributed by atoms with van der Waals surface area (Å²) in [5, 5.41) is 10.1. The zero-order valence-corrected chi connectivity index (χ0v) is 10.5. The van der Waals surface area contributed by atoms with E-state index in [0.717, 1.165) is 12.4 Å². The van der Waals surface area contributed by atoms with Crippen LogP contribution in [0.5, 0.6) is 0 Å². The number of benzene rings is 1. The van der Waals surface area contributed by atoms with Gasteiger partial charge in [-0.15, -0.1) is 0 Å². The lowest BCUT2D eigenvalue weighted by atomic mass is 10.1. The maximum absolute atomic E-state index is 4.13. The fourth-order valence-corrected chi connectivity index (χ4v) is 1.70. The van der Waals surface area contributed by atoms with Gasteiger partial charge < -0.3 is 5.32 Å². The maximum atomic E-state index is 4.13. The standard InChI is InChI=1S/C13H18N4/c1-9-4-5-12(6-10(9)2)7-14-11(3)13-15-8-16-17-13/h4-6,8,11,14H,7H2,1-3H3,(H,15,16,17). The molecule has 1 unspecified atom stereocenters. The van der Waals surface area contributed by atoms with Crippen LogP contribution in [0.1, 0.15) is 35.5 Å². The summed E-state index contributed by atoms with van der Waals surface area (Å²) in [5.41, 5.74) is 3.95. The molecule has 0 spiro atoms. The number of nitrogens with one attached hydrogen (secondary N) is 2. The smallest absolute Gasteiger partial charge is 0.141 e. The highest BCUT2D eigenvalue weighted by molar-refractivity contribution is 5.29. The molecule has 1 aromatic carbocycles. The summed E-state index contributed by atoms with van der Waals surface area (Å²) in [5.74, 6) is 0.869. The van der Waals surface area contributed by atoms with Gasteiger partial charge in [-0.3, -0.25) is 5.10 Å². The summed E-state index contributed by atoms with van der Waals surface area (Å²) in [6.07, 6.45) is 1.53. The lowest BCUT2D eigenvalue weighted by Crippen LogP contribution is -2.19. The van der Waals surface area contributed by atoms with Crippen LogP contribution in [0.25, 0.3) is 0 Å². The van der Waals surface area contributed by atoms with Gasteiger partial charge in [-0.05, 0) is 37.5 Å². The predicted octanol–water partition coefficient (Wildman–Crippen LogP) is 2.27. The molecule has 0 aliphatic rings. The van der Waals surface area contributed by atoms with E-state index in [4.69, 9.17) is 0 Å². The molecule has 4 heteroatoms. The van der Waals surface area contributed by atoms with Crippen molar-refractivity contribution in [3.05, 3.63) is 47.0 Å². The lowest BCUT2D eigenvalue weighted by Gasteiger charge is -2.11. The number of H-pyrrole nitrogens is 1. The van der Waals surface area contributed by atoms with E-state index in [1.165, 1.54) is 23.0 Å². The predicted molar refractivity (Wildman–Crippen MR) is 67.6 cm³/mol. The Labute approximate surface area is 101 Å². The Bertz CT molecular complexity index is 476. The van der Waals surface area contributed by atoms with Gasteiger partial charge in [-0.1, -0.05) is 18.2 Å². The fourth-order valence-electron chi connectivity index (χ4n) is 1.70. The molecule has 0 saturated carbocycles. The number of aryl methyl sites for hydroxylation is 2. The fraction of sp³-hybridized carbons (Fsp3) is 0.385. The maximum Gasteiger partial charge on any atom is 0.141 e. The monoisotopic (exact) mass is 230 g/mol. The number of nitrogens with zero attached hydrogens (tertiary/aromatic N) is 2. The minimum atomic E-state index is 0.180. The Hall–Kier alpha value is -1.68. The molecule has 2 rings (SSSR count). The highest BCUT2D eigenvalue weighted by atomic mass is 15.2. The van der Waals surface area contributed by atoms with Crippen molar-refractivity contribution in [3.8, 4) is 0 Å². The average molecular weight is 230 g/mol. The van der Waals surface area contributed by atoms with Crippen LogP contribution in [0.2, 0.25) is 0 Å². The zero-order valence-electron chi connectivity index (χ0n) is 10.5. The van der Waals surface area contributed by atoms with Crippen molar-refractivity contribution in [2.75, 3.05) is 0 Å². The minimum absolute atomic E-state index is 0.180. The second-order valence-electron chi connectivity index (χ2n) is 4.39. The molecule has 17 heavy (non-hydrogen) atoms. The molecule has 2 N–H and O–H groups in total. The normalized spacial score (nSPS) is 12.6. The summed E-state index contributed by atoms with van der Waals surface area (Å²) in [4.78, 5) is 4.13. The molecular formula is C13H18N4. The number of hydrogen-bond donors (Lipinski definition) is 2. The van der Waals surface area contributed by atoms with E-state index in [2.05, 4.69) is 59.5 Å². The van der Waals surface area contributed by atoms with Crippen molar-refractivity contribution < 1.29 is 0 Å². The van der Waals surface area contributed by atoms with Gasteiger partial charge in [0.05, 0.1) is 6.04 Å². The first-order valence-corrected chi connectivity index (χ1v) is 5.81. The molecule has 1 heterocycles. The van der Waals surface area contributed by atoms with E-state index < -0.39 is 0 Å². The third-order valence-electron chi connectivity index (χ3n) is 3.03. The second-order valence-corrected chi connectivity index (χ2v) is 4.39. The first-order valence-electron chi connectivity index (χ1n) is 5.81. The molecule has 1 aromatic heterocycles. The Morgan fingerprint density at radius 3 is 2.76 bits per heavy atom. The minimum Gasteiger partial charge on any atom is -0.303 e. The SMILES string of the molecule is Cc1ccc(CNC(C)c2ncn[nH]2)cc1C. The van der Waals surface area contributed by atoms with Crippen LogP contribution in [0.15, 0.2) is 24.5 Å². The third-order valence-corrected chi connectivity index (χ3v) is 3.03.